The van der Waals surface area contributed by atoms with E-state index in [2.05, 4.69) is 22.2 Å². The Balaban J connectivity index is 1.66. The van der Waals surface area contributed by atoms with Crippen molar-refractivity contribution in [3.63, 3.8) is 0 Å². The fourth-order valence-electron chi connectivity index (χ4n) is 4.24. The molecule has 1 amide bonds. The molecule has 1 aromatic heterocycles. The zero-order chi connectivity index (χ0) is 21.6. The molecule has 0 bridgehead atoms. The number of nitrogens with zero attached hydrogens (tertiary/aromatic N) is 3. The minimum absolute atomic E-state index is 0.138. The number of carbonyl (C=O) groups is 1. The fraction of sp³-hybridized carbons (Fsp3) is 0.400. The average molecular weight is 419 g/mol. The van der Waals surface area contributed by atoms with E-state index >= 15 is 0 Å². The topological polar surface area (TPSA) is 67.2 Å². The molecule has 0 unspecified atom stereocenters. The van der Waals surface area contributed by atoms with Crippen molar-refractivity contribution >= 4 is 28.1 Å². The molecule has 0 radical (unpaired) electrons. The average Bonchev–Trinajstić information content (AvgIpc) is 3.33. The van der Waals surface area contributed by atoms with Gasteiger partial charge in [0.05, 0.1) is 16.8 Å². The van der Waals surface area contributed by atoms with Crippen LogP contribution < -0.4 is 15.8 Å². The number of para-hydroxylation sites is 2. The van der Waals surface area contributed by atoms with Gasteiger partial charge in [0, 0.05) is 25.0 Å². The number of hydrogen-bond acceptors (Lipinski definition) is 4. The van der Waals surface area contributed by atoms with Crippen molar-refractivity contribution in [3.05, 3.63) is 64.6 Å². The van der Waals surface area contributed by atoms with Gasteiger partial charge in [-0.3, -0.25) is 9.59 Å². The van der Waals surface area contributed by atoms with Gasteiger partial charge in [0.25, 0.3) is 11.5 Å². The van der Waals surface area contributed by atoms with E-state index in [9.17, 15) is 9.59 Å². The van der Waals surface area contributed by atoms with E-state index in [1.165, 1.54) is 4.68 Å². The van der Waals surface area contributed by atoms with Gasteiger partial charge in [-0.25, -0.2) is 4.68 Å². The number of anilines is 2. The summed E-state index contributed by atoms with van der Waals surface area (Å²) in [5, 5.41) is 8.68. The number of carbonyl (C=O) groups excluding carboxylic acids is 1. The van der Waals surface area contributed by atoms with Crippen LogP contribution in [-0.2, 0) is 6.54 Å². The predicted molar refractivity (Wildman–Crippen MR) is 126 cm³/mol. The van der Waals surface area contributed by atoms with Crippen LogP contribution in [0.2, 0.25) is 0 Å². The first-order chi connectivity index (χ1) is 15.2. The van der Waals surface area contributed by atoms with Crippen molar-refractivity contribution in [3.8, 4) is 0 Å². The highest BCUT2D eigenvalue weighted by atomic mass is 16.2. The van der Waals surface area contributed by atoms with E-state index in [-0.39, 0.29) is 11.5 Å². The highest BCUT2D eigenvalue weighted by Crippen LogP contribution is 2.29. The molecule has 31 heavy (non-hydrogen) atoms. The molecule has 6 heteroatoms. The van der Waals surface area contributed by atoms with Gasteiger partial charge in [-0.05, 0) is 37.5 Å². The van der Waals surface area contributed by atoms with E-state index in [1.54, 1.807) is 12.1 Å². The number of amides is 1. The van der Waals surface area contributed by atoms with Crippen molar-refractivity contribution in [2.45, 2.75) is 52.0 Å². The molecule has 2 aromatic carbocycles. The molecule has 1 aliphatic rings. The first-order valence-electron chi connectivity index (χ1n) is 11.3. The smallest absolute Gasteiger partial charge is 0.276 e. The third-order valence-corrected chi connectivity index (χ3v) is 5.91. The molecule has 4 rings (SSSR count). The van der Waals surface area contributed by atoms with Crippen LogP contribution in [-0.4, -0.2) is 28.8 Å². The first-order valence-corrected chi connectivity index (χ1v) is 11.3. The van der Waals surface area contributed by atoms with Crippen LogP contribution in [0.15, 0.2) is 53.3 Å². The van der Waals surface area contributed by atoms with Gasteiger partial charge in [-0.15, -0.1) is 0 Å². The summed E-state index contributed by atoms with van der Waals surface area (Å²) in [5.74, 6) is -0.287. The SMILES string of the molecule is CCCCCCn1nc(C(=O)Nc2ccccc2N2CCCC2)c2ccccc2c1=O. The Hall–Kier alpha value is -3.15. The summed E-state index contributed by atoms with van der Waals surface area (Å²) in [6, 6.07) is 15.1. The Morgan fingerprint density at radius 2 is 1.68 bits per heavy atom. The summed E-state index contributed by atoms with van der Waals surface area (Å²) in [7, 11) is 0. The van der Waals surface area contributed by atoms with Gasteiger partial charge in [0.15, 0.2) is 5.69 Å². The maximum Gasteiger partial charge on any atom is 0.276 e. The molecule has 3 aromatic rings. The third-order valence-electron chi connectivity index (χ3n) is 5.91. The summed E-state index contributed by atoms with van der Waals surface area (Å²) in [4.78, 5) is 28.5. The molecule has 6 nitrogen and oxygen atoms in total. The predicted octanol–water partition coefficient (Wildman–Crippen LogP) is 4.83. The molecule has 1 fully saturated rings. The number of aryl methyl sites for hydroxylation is 1. The van der Waals surface area contributed by atoms with E-state index in [0.717, 1.165) is 63.0 Å². The Morgan fingerprint density at radius 3 is 2.45 bits per heavy atom. The molecule has 0 spiro atoms. The van der Waals surface area contributed by atoms with E-state index in [4.69, 9.17) is 0 Å². The van der Waals surface area contributed by atoms with Gasteiger partial charge in [-0.1, -0.05) is 56.5 Å². The number of unbranched alkanes of at least 4 members (excludes halogenated alkanes) is 3. The van der Waals surface area contributed by atoms with Crippen molar-refractivity contribution in [2.75, 3.05) is 23.3 Å². The summed E-state index contributed by atoms with van der Waals surface area (Å²) in [5.41, 5.74) is 1.97. The molecule has 0 saturated carbocycles. The minimum atomic E-state index is -0.287. The standard InChI is InChI=1S/C25H30N4O2/c1-2-3-4-9-18-29-25(31)20-13-6-5-12-19(20)23(27-29)24(30)26-21-14-7-8-15-22(21)28-16-10-11-17-28/h5-8,12-15H,2-4,9-11,16-18H2,1H3,(H,26,30). The number of aromatic nitrogens is 2. The fourth-order valence-corrected chi connectivity index (χ4v) is 4.24. The maximum absolute atomic E-state index is 13.3. The molecule has 1 N–H and O–H groups in total. The lowest BCUT2D eigenvalue weighted by molar-refractivity contribution is 0.102. The second-order valence-corrected chi connectivity index (χ2v) is 8.15. The first kappa shape index (κ1) is 21.1. The second-order valence-electron chi connectivity index (χ2n) is 8.15. The Kier molecular flexibility index (Phi) is 6.65. The zero-order valence-corrected chi connectivity index (χ0v) is 18.1. The molecule has 0 aliphatic carbocycles. The van der Waals surface area contributed by atoms with Crippen molar-refractivity contribution < 1.29 is 4.79 Å². The van der Waals surface area contributed by atoms with Gasteiger partial charge in [0.2, 0.25) is 0 Å². The molecular formula is C25H30N4O2. The zero-order valence-electron chi connectivity index (χ0n) is 18.1. The minimum Gasteiger partial charge on any atom is -0.370 e. The summed E-state index contributed by atoms with van der Waals surface area (Å²) >= 11 is 0. The van der Waals surface area contributed by atoms with Crippen molar-refractivity contribution in [2.24, 2.45) is 0 Å². The van der Waals surface area contributed by atoms with Crippen LogP contribution in [0, 0.1) is 0 Å². The normalized spacial score (nSPS) is 13.6. The molecule has 162 valence electrons. The van der Waals surface area contributed by atoms with E-state index < -0.39 is 0 Å². The summed E-state index contributed by atoms with van der Waals surface area (Å²) in [6.07, 6.45) is 6.50. The lowest BCUT2D eigenvalue weighted by Gasteiger charge is -2.21. The van der Waals surface area contributed by atoms with Crippen molar-refractivity contribution in [1.29, 1.82) is 0 Å². The molecular weight excluding hydrogens is 388 g/mol. The van der Waals surface area contributed by atoms with Gasteiger partial charge in [-0.2, -0.15) is 5.10 Å². The molecule has 0 atom stereocenters. The number of rotatable bonds is 8. The Labute approximate surface area is 182 Å². The highest BCUT2D eigenvalue weighted by molar-refractivity contribution is 6.12. The maximum atomic E-state index is 13.3. The summed E-state index contributed by atoms with van der Waals surface area (Å²) < 4.78 is 1.46. The van der Waals surface area contributed by atoms with Crippen LogP contribution in [0.5, 0.6) is 0 Å². The highest BCUT2D eigenvalue weighted by Gasteiger charge is 2.20. The molecule has 2 heterocycles. The molecule has 1 aliphatic heterocycles. The van der Waals surface area contributed by atoms with Crippen LogP contribution in [0.4, 0.5) is 11.4 Å². The summed E-state index contributed by atoms with van der Waals surface area (Å²) in [6.45, 7) is 4.67. The van der Waals surface area contributed by atoms with E-state index in [1.807, 2.05) is 36.4 Å². The largest absolute Gasteiger partial charge is 0.370 e. The lowest BCUT2D eigenvalue weighted by atomic mass is 10.1. The van der Waals surface area contributed by atoms with Crippen LogP contribution in [0.25, 0.3) is 10.8 Å². The Morgan fingerprint density at radius 1 is 0.968 bits per heavy atom. The van der Waals surface area contributed by atoms with Crippen LogP contribution >= 0.6 is 0 Å². The number of fused-ring (bicyclic) bond motifs is 1. The van der Waals surface area contributed by atoms with Crippen LogP contribution in [0.1, 0.15) is 55.9 Å². The number of hydrogen-bond donors (Lipinski definition) is 1. The quantitative estimate of drug-likeness (QED) is 0.532. The lowest BCUT2D eigenvalue weighted by Crippen LogP contribution is -2.28. The molecule has 1 saturated heterocycles. The number of nitrogens with one attached hydrogen (secondary N) is 1. The monoisotopic (exact) mass is 418 g/mol. The van der Waals surface area contributed by atoms with Gasteiger partial charge in [0.1, 0.15) is 0 Å². The van der Waals surface area contributed by atoms with Crippen molar-refractivity contribution in [1.82, 2.24) is 9.78 Å². The van der Waals surface area contributed by atoms with E-state index in [0.29, 0.717) is 23.0 Å². The second kappa shape index (κ2) is 9.77. The van der Waals surface area contributed by atoms with Crippen LogP contribution in [0.3, 0.4) is 0 Å². The van der Waals surface area contributed by atoms with Gasteiger partial charge >= 0.3 is 0 Å². The third kappa shape index (κ3) is 4.63. The Bertz CT molecular complexity index is 1120. The van der Waals surface area contributed by atoms with Gasteiger partial charge < -0.3 is 10.2 Å². The number of benzene rings is 2.